The van der Waals surface area contributed by atoms with Crippen molar-refractivity contribution < 1.29 is 4.74 Å². The Hall–Kier alpha value is -1.83. The Morgan fingerprint density at radius 1 is 1.26 bits per heavy atom. The summed E-state index contributed by atoms with van der Waals surface area (Å²) >= 11 is 12.2. The fourth-order valence-electron chi connectivity index (χ4n) is 2.45. The predicted octanol–water partition coefficient (Wildman–Crippen LogP) is 2.92. The highest BCUT2D eigenvalue weighted by atomic mass is 35.5. The molecule has 0 spiro atoms. The number of rotatable bonds is 10. The van der Waals surface area contributed by atoms with Gasteiger partial charge >= 0.3 is 0 Å². The van der Waals surface area contributed by atoms with Gasteiger partial charge in [0.15, 0.2) is 5.96 Å². The van der Waals surface area contributed by atoms with Gasteiger partial charge in [0.1, 0.15) is 12.2 Å². The molecule has 9 heteroatoms. The largest absolute Gasteiger partial charge is 0.385 e. The molecule has 0 fully saturated rings. The Kier molecular flexibility index (Phi) is 9.38. The summed E-state index contributed by atoms with van der Waals surface area (Å²) in [5, 5.41) is 15.9. The highest BCUT2D eigenvalue weighted by molar-refractivity contribution is 6.35. The van der Waals surface area contributed by atoms with Crippen LogP contribution in [-0.2, 0) is 24.2 Å². The number of hydrogen-bond acceptors (Lipinski definition) is 4. The Morgan fingerprint density at radius 2 is 2.07 bits per heavy atom. The van der Waals surface area contributed by atoms with Gasteiger partial charge in [0.05, 0.1) is 6.54 Å². The molecule has 0 aliphatic rings. The summed E-state index contributed by atoms with van der Waals surface area (Å²) in [4.78, 5) is 4.63. The molecule has 7 nitrogen and oxygen atoms in total. The van der Waals surface area contributed by atoms with Gasteiger partial charge in [-0.1, -0.05) is 36.2 Å². The first kappa shape index (κ1) is 21.5. The van der Waals surface area contributed by atoms with Crippen molar-refractivity contribution >= 4 is 29.2 Å². The minimum atomic E-state index is 0.461. The van der Waals surface area contributed by atoms with E-state index in [4.69, 9.17) is 27.9 Å². The molecule has 2 N–H and O–H groups in total. The fourth-order valence-corrected chi connectivity index (χ4v) is 2.91. The summed E-state index contributed by atoms with van der Waals surface area (Å²) in [5.41, 5.74) is 0.922. The van der Waals surface area contributed by atoms with Gasteiger partial charge in [-0.3, -0.25) is 0 Å². The minimum absolute atomic E-state index is 0.461. The number of methoxy groups -OCH3 is 1. The summed E-state index contributed by atoms with van der Waals surface area (Å²) in [7, 11) is 1.69. The van der Waals surface area contributed by atoms with Gasteiger partial charge in [-0.05, 0) is 24.1 Å². The second kappa shape index (κ2) is 11.8. The molecule has 0 aliphatic heterocycles. The maximum atomic E-state index is 6.24. The molecule has 0 atom stereocenters. The van der Waals surface area contributed by atoms with Crippen molar-refractivity contribution in [2.75, 3.05) is 26.8 Å². The summed E-state index contributed by atoms with van der Waals surface area (Å²) in [5.74, 6) is 1.69. The number of nitrogens with one attached hydrogen (secondary N) is 2. The fraction of sp³-hybridized carbons (Fsp3) is 0.500. The third-order valence-corrected chi connectivity index (χ3v) is 4.48. The first-order chi connectivity index (χ1) is 13.1. The third-order valence-electron chi connectivity index (χ3n) is 3.90. The van der Waals surface area contributed by atoms with Crippen LogP contribution in [0.5, 0.6) is 0 Å². The number of nitrogens with zero attached hydrogens (tertiary/aromatic N) is 4. The maximum Gasteiger partial charge on any atom is 0.191 e. The van der Waals surface area contributed by atoms with Crippen LogP contribution in [0.3, 0.4) is 0 Å². The summed E-state index contributed by atoms with van der Waals surface area (Å²) in [6, 6.07) is 5.43. The van der Waals surface area contributed by atoms with E-state index < -0.39 is 0 Å². The highest BCUT2D eigenvalue weighted by Gasteiger charge is 2.04. The zero-order valence-electron chi connectivity index (χ0n) is 15.7. The van der Waals surface area contributed by atoms with Crippen LogP contribution >= 0.6 is 23.2 Å². The smallest absolute Gasteiger partial charge is 0.191 e. The molecule has 2 rings (SSSR count). The summed E-state index contributed by atoms with van der Waals surface area (Å²) in [6.45, 7) is 5.45. The van der Waals surface area contributed by atoms with E-state index in [9.17, 15) is 0 Å². The minimum Gasteiger partial charge on any atom is -0.385 e. The van der Waals surface area contributed by atoms with E-state index in [1.54, 1.807) is 19.5 Å². The van der Waals surface area contributed by atoms with Crippen molar-refractivity contribution in [1.29, 1.82) is 0 Å². The lowest BCUT2D eigenvalue weighted by Crippen LogP contribution is -2.39. The van der Waals surface area contributed by atoms with Gasteiger partial charge in [0.2, 0.25) is 0 Å². The Balaban J connectivity index is 1.94. The molecule has 1 aromatic carbocycles. The normalized spacial score (nSPS) is 11.6. The van der Waals surface area contributed by atoms with E-state index >= 15 is 0 Å². The van der Waals surface area contributed by atoms with Gasteiger partial charge in [-0.15, -0.1) is 10.2 Å². The molecule has 148 valence electrons. The Morgan fingerprint density at radius 3 is 2.81 bits per heavy atom. The summed E-state index contributed by atoms with van der Waals surface area (Å²) < 4.78 is 7.12. The molecule has 2 aromatic rings. The second-order valence-electron chi connectivity index (χ2n) is 5.89. The van der Waals surface area contributed by atoms with Crippen LogP contribution in [0, 0.1) is 0 Å². The van der Waals surface area contributed by atoms with Crippen molar-refractivity contribution in [3.05, 3.63) is 46.0 Å². The number of aryl methyl sites for hydroxylation is 1. The number of aliphatic imine (C=N–C) groups is 1. The molecule has 0 radical (unpaired) electrons. The first-order valence-corrected chi connectivity index (χ1v) is 9.71. The number of hydrogen-bond donors (Lipinski definition) is 2. The van der Waals surface area contributed by atoms with E-state index in [0.29, 0.717) is 29.7 Å². The second-order valence-corrected chi connectivity index (χ2v) is 6.74. The lowest BCUT2D eigenvalue weighted by atomic mass is 10.2. The zero-order valence-corrected chi connectivity index (χ0v) is 17.2. The van der Waals surface area contributed by atoms with E-state index in [0.717, 1.165) is 43.3 Å². The van der Waals surface area contributed by atoms with Crippen LogP contribution in [0.15, 0.2) is 29.5 Å². The zero-order chi connectivity index (χ0) is 19.5. The number of benzene rings is 1. The molecule has 0 amide bonds. The topological polar surface area (TPSA) is 76.4 Å². The molecule has 0 saturated heterocycles. The number of aromatic nitrogens is 3. The molecule has 0 unspecified atom stereocenters. The van der Waals surface area contributed by atoms with Crippen molar-refractivity contribution in [3.63, 3.8) is 0 Å². The Labute approximate surface area is 170 Å². The van der Waals surface area contributed by atoms with E-state index in [1.165, 1.54) is 0 Å². The van der Waals surface area contributed by atoms with Gasteiger partial charge in [0.25, 0.3) is 0 Å². The molecule has 0 bridgehead atoms. The maximum absolute atomic E-state index is 6.24. The van der Waals surface area contributed by atoms with Crippen molar-refractivity contribution in [3.8, 4) is 0 Å². The molecule has 0 aliphatic carbocycles. The van der Waals surface area contributed by atoms with E-state index in [1.807, 2.05) is 16.7 Å². The van der Waals surface area contributed by atoms with Crippen molar-refractivity contribution in [2.24, 2.45) is 4.99 Å². The average molecular weight is 413 g/mol. The van der Waals surface area contributed by atoms with Crippen LogP contribution in [0.1, 0.15) is 24.7 Å². The van der Waals surface area contributed by atoms with Crippen LogP contribution in [0.25, 0.3) is 0 Å². The Bertz CT molecular complexity index is 734. The van der Waals surface area contributed by atoms with Crippen molar-refractivity contribution in [2.45, 2.75) is 32.9 Å². The first-order valence-electron chi connectivity index (χ1n) is 8.95. The lowest BCUT2D eigenvalue weighted by Gasteiger charge is -2.13. The summed E-state index contributed by atoms with van der Waals surface area (Å²) in [6.07, 6.45) is 3.49. The lowest BCUT2D eigenvalue weighted by molar-refractivity contribution is 0.195. The molecule has 27 heavy (non-hydrogen) atoms. The molecule has 1 aromatic heterocycles. The number of halogens is 2. The molecular formula is C18H26Cl2N6O. The van der Waals surface area contributed by atoms with Gasteiger partial charge in [-0.2, -0.15) is 0 Å². The van der Waals surface area contributed by atoms with E-state index in [2.05, 4.69) is 32.7 Å². The number of guanidine groups is 1. The SMILES string of the molecule is CCc1nncn1CCNC(=NCc1ccc(Cl)cc1Cl)NCCCOC. The molecule has 0 saturated carbocycles. The highest BCUT2D eigenvalue weighted by Crippen LogP contribution is 2.21. The van der Waals surface area contributed by atoms with Crippen molar-refractivity contribution in [1.82, 2.24) is 25.4 Å². The quantitative estimate of drug-likeness (QED) is 0.356. The molecule has 1 heterocycles. The van der Waals surface area contributed by atoms with Gasteiger partial charge in [-0.25, -0.2) is 4.99 Å². The monoisotopic (exact) mass is 412 g/mol. The standard InChI is InChI=1S/C18H26Cl2N6O/c1-3-17-25-24-13-26(17)9-8-22-18(21-7-4-10-27-2)23-12-14-5-6-15(19)11-16(14)20/h5-6,11,13H,3-4,7-10,12H2,1-2H3,(H2,21,22,23). The van der Waals surface area contributed by atoms with Gasteiger partial charge in [0, 0.05) is 49.8 Å². The van der Waals surface area contributed by atoms with Gasteiger partial charge < -0.3 is 19.9 Å². The average Bonchev–Trinajstić information content (AvgIpc) is 3.11. The predicted molar refractivity (Wildman–Crippen MR) is 109 cm³/mol. The molecular weight excluding hydrogens is 387 g/mol. The van der Waals surface area contributed by atoms with Crippen LogP contribution in [0.4, 0.5) is 0 Å². The number of ether oxygens (including phenoxy) is 1. The van der Waals surface area contributed by atoms with E-state index in [-0.39, 0.29) is 0 Å². The van der Waals surface area contributed by atoms with Crippen LogP contribution < -0.4 is 10.6 Å². The van der Waals surface area contributed by atoms with Crippen LogP contribution in [0.2, 0.25) is 10.0 Å². The third kappa shape index (κ3) is 7.36. The van der Waals surface area contributed by atoms with Crippen LogP contribution in [-0.4, -0.2) is 47.5 Å².